The van der Waals surface area contributed by atoms with Crippen LogP contribution in [0.3, 0.4) is 0 Å². The Morgan fingerprint density at radius 2 is 2.00 bits per heavy atom. The molecule has 2 aliphatic rings. The molecule has 4 heteroatoms. The Labute approximate surface area is 117 Å². The average molecular weight is 270 g/mol. The van der Waals surface area contributed by atoms with Crippen LogP contribution in [0.1, 0.15) is 39.0 Å². The van der Waals surface area contributed by atoms with Gasteiger partial charge in [0, 0.05) is 44.9 Å². The summed E-state index contributed by atoms with van der Waals surface area (Å²) in [5, 5.41) is 3.80. The Morgan fingerprint density at radius 1 is 1.21 bits per heavy atom. The first-order chi connectivity index (χ1) is 9.26. The largest absolute Gasteiger partial charge is 0.382 e. The number of piperazine rings is 1. The second-order valence-electron chi connectivity index (χ2n) is 6.15. The summed E-state index contributed by atoms with van der Waals surface area (Å²) in [4.78, 5) is 2.65. The molecule has 0 radical (unpaired) electrons. The third-order valence-electron chi connectivity index (χ3n) is 4.63. The Kier molecular flexibility index (Phi) is 6.07. The predicted octanol–water partition coefficient (Wildman–Crippen LogP) is 1.65. The fourth-order valence-corrected chi connectivity index (χ4v) is 3.39. The molecule has 19 heavy (non-hydrogen) atoms. The SMILES string of the molecule is COCCOCCCN1CC2(CCCC2)NCC1C. The van der Waals surface area contributed by atoms with E-state index in [-0.39, 0.29) is 0 Å². The second kappa shape index (κ2) is 7.58. The summed E-state index contributed by atoms with van der Waals surface area (Å²) >= 11 is 0. The molecular formula is C15H30N2O2. The van der Waals surface area contributed by atoms with Gasteiger partial charge in [0.25, 0.3) is 0 Å². The maximum Gasteiger partial charge on any atom is 0.0700 e. The molecule has 0 aromatic carbocycles. The molecule has 2 fully saturated rings. The summed E-state index contributed by atoms with van der Waals surface area (Å²) in [6.45, 7) is 8.15. The second-order valence-corrected chi connectivity index (χ2v) is 6.15. The van der Waals surface area contributed by atoms with Crippen molar-refractivity contribution in [2.75, 3.05) is 46.6 Å². The number of nitrogens with zero attached hydrogens (tertiary/aromatic N) is 1. The van der Waals surface area contributed by atoms with Gasteiger partial charge in [-0.1, -0.05) is 12.8 Å². The molecule has 0 amide bonds. The van der Waals surface area contributed by atoms with Gasteiger partial charge in [0.15, 0.2) is 0 Å². The van der Waals surface area contributed by atoms with Crippen molar-refractivity contribution < 1.29 is 9.47 Å². The summed E-state index contributed by atoms with van der Waals surface area (Å²) in [5.74, 6) is 0. The van der Waals surface area contributed by atoms with E-state index < -0.39 is 0 Å². The smallest absolute Gasteiger partial charge is 0.0700 e. The molecule has 2 rings (SSSR count). The van der Waals surface area contributed by atoms with Crippen LogP contribution in [-0.4, -0.2) is 63.0 Å². The van der Waals surface area contributed by atoms with Crippen LogP contribution < -0.4 is 5.32 Å². The van der Waals surface area contributed by atoms with Gasteiger partial charge in [-0.3, -0.25) is 4.90 Å². The van der Waals surface area contributed by atoms with Crippen LogP contribution in [-0.2, 0) is 9.47 Å². The molecule has 1 aliphatic heterocycles. The zero-order valence-corrected chi connectivity index (χ0v) is 12.6. The molecule has 1 aliphatic carbocycles. The fraction of sp³-hybridized carbons (Fsp3) is 1.00. The van der Waals surface area contributed by atoms with Gasteiger partial charge in [0.05, 0.1) is 13.2 Å². The number of hydrogen-bond donors (Lipinski definition) is 1. The lowest BCUT2D eigenvalue weighted by molar-refractivity contribution is 0.0505. The monoisotopic (exact) mass is 270 g/mol. The zero-order chi connectivity index (χ0) is 13.6. The van der Waals surface area contributed by atoms with E-state index in [1.807, 2.05) is 0 Å². The highest BCUT2D eigenvalue weighted by molar-refractivity contribution is 5.00. The van der Waals surface area contributed by atoms with Crippen molar-refractivity contribution in [1.82, 2.24) is 10.2 Å². The molecule has 1 saturated heterocycles. The summed E-state index contributed by atoms with van der Waals surface area (Å²) in [6.07, 6.45) is 6.65. The van der Waals surface area contributed by atoms with Gasteiger partial charge in [-0.25, -0.2) is 0 Å². The van der Waals surface area contributed by atoms with Crippen molar-refractivity contribution in [2.45, 2.75) is 50.6 Å². The van der Waals surface area contributed by atoms with E-state index in [2.05, 4.69) is 17.1 Å². The molecule has 4 nitrogen and oxygen atoms in total. The van der Waals surface area contributed by atoms with Crippen molar-refractivity contribution in [1.29, 1.82) is 0 Å². The van der Waals surface area contributed by atoms with Crippen molar-refractivity contribution >= 4 is 0 Å². The van der Waals surface area contributed by atoms with Crippen molar-refractivity contribution in [3.05, 3.63) is 0 Å². The van der Waals surface area contributed by atoms with E-state index in [1.165, 1.54) is 32.2 Å². The minimum Gasteiger partial charge on any atom is -0.382 e. The molecule has 1 saturated carbocycles. The number of nitrogens with one attached hydrogen (secondary N) is 1. The lowest BCUT2D eigenvalue weighted by atomic mass is 9.92. The summed E-state index contributed by atoms with van der Waals surface area (Å²) in [7, 11) is 1.72. The first-order valence-electron chi connectivity index (χ1n) is 7.81. The minimum atomic E-state index is 0.434. The van der Waals surface area contributed by atoms with Gasteiger partial charge in [0.2, 0.25) is 0 Å². The topological polar surface area (TPSA) is 33.7 Å². The van der Waals surface area contributed by atoms with Gasteiger partial charge in [-0.05, 0) is 26.2 Å². The maximum atomic E-state index is 5.55. The van der Waals surface area contributed by atoms with Crippen LogP contribution >= 0.6 is 0 Å². The van der Waals surface area contributed by atoms with Crippen LogP contribution in [0.15, 0.2) is 0 Å². The first kappa shape index (κ1) is 15.2. The Bertz CT molecular complexity index is 255. The first-order valence-corrected chi connectivity index (χ1v) is 7.81. The van der Waals surface area contributed by atoms with Gasteiger partial charge >= 0.3 is 0 Å². The third kappa shape index (κ3) is 4.42. The van der Waals surface area contributed by atoms with Crippen molar-refractivity contribution in [3.63, 3.8) is 0 Å². The zero-order valence-electron chi connectivity index (χ0n) is 12.6. The molecule has 0 aromatic rings. The van der Waals surface area contributed by atoms with Crippen LogP contribution in [0.4, 0.5) is 0 Å². The van der Waals surface area contributed by atoms with Gasteiger partial charge in [0.1, 0.15) is 0 Å². The highest BCUT2D eigenvalue weighted by Gasteiger charge is 2.39. The van der Waals surface area contributed by atoms with Crippen molar-refractivity contribution in [3.8, 4) is 0 Å². The normalized spacial score (nSPS) is 27.2. The Morgan fingerprint density at radius 3 is 2.74 bits per heavy atom. The molecule has 1 heterocycles. The van der Waals surface area contributed by atoms with Crippen LogP contribution in [0.25, 0.3) is 0 Å². The quantitative estimate of drug-likeness (QED) is 0.713. The average Bonchev–Trinajstić information content (AvgIpc) is 2.86. The molecule has 1 N–H and O–H groups in total. The van der Waals surface area contributed by atoms with E-state index in [1.54, 1.807) is 7.11 Å². The fourth-order valence-electron chi connectivity index (χ4n) is 3.39. The molecular weight excluding hydrogens is 240 g/mol. The lowest BCUT2D eigenvalue weighted by Gasteiger charge is -2.45. The van der Waals surface area contributed by atoms with Gasteiger partial charge in [-0.2, -0.15) is 0 Å². The van der Waals surface area contributed by atoms with Crippen LogP contribution in [0, 0.1) is 0 Å². The molecule has 0 bridgehead atoms. The number of methoxy groups -OCH3 is 1. The van der Waals surface area contributed by atoms with E-state index in [4.69, 9.17) is 9.47 Å². The molecule has 112 valence electrons. The standard InChI is InChI=1S/C15H30N2O2/c1-14-12-16-15(6-3-4-7-15)13-17(14)8-5-9-19-11-10-18-2/h14,16H,3-13H2,1-2H3. The highest BCUT2D eigenvalue weighted by atomic mass is 16.5. The van der Waals surface area contributed by atoms with E-state index in [9.17, 15) is 0 Å². The van der Waals surface area contributed by atoms with Gasteiger partial charge < -0.3 is 14.8 Å². The summed E-state index contributed by atoms with van der Waals surface area (Å²) in [6, 6.07) is 0.658. The molecule has 0 aromatic heterocycles. The van der Waals surface area contributed by atoms with E-state index >= 15 is 0 Å². The number of hydrogen-bond acceptors (Lipinski definition) is 4. The third-order valence-corrected chi connectivity index (χ3v) is 4.63. The van der Waals surface area contributed by atoms with Crippen LogP contribution in [0.5, 0.6) is 0 Å². The van der Waals surface area contributed by atoms with Crippen molar-refractivity contribution in [2.24, 2.45) is 0 Å². The molecule has 1 unspecified atom stereocenters. The lowest BCUT2D eigenvalue weighted by Crippen LogP contribution is -2.62. The minimum absolute atomic E-state index is 0.434. The Hall–Kier alpha value is -0.160. The summed E-state index contributed by atoms with van der Waals surface area (Å²) < 4.78 is 10.5. The maximum absolute atomic E-state index is 5.55. The molecule has 1 atom stereocenters. The highest BCUT2D eigenvalue weighted by Crippen LogP contribution is 2.33. The van der Waals surface area contributed by atoms with E-state index in [0.717, 1.165) is 32.7 Å². The van der Waals surface area contributed by atoms with E-state index in [0.29, 0.717) is 18.2 Å². The Balaban J connectivity index is 1.66. The van der Waals surface area contributed by atoms with Gasteiger partial charge in [-0.15, -0.1) is 0 Å². The van der Waals surface area contributed by atoms with Crippen LogP contribution in [0.2, 0.25) is 0 Å². The molecule has 1 spiro atoms. The number of ether oxygens (including phenoxy) is 2. The number of rotatable bonds is 7. The predicted molar refractivity (Wildman–Crippen MR) is 77.5 cm³/mol. The summed E-state index contributed by atoms with van der Waals surface area (Å²) in [5.41, 5.74) is 0.434.